The monoisotopic (exact) mass is 368 g/mol. The summed E-state index contributed by atoms with van der Waals surface area (Å²) in [7, 11) is 0. The molecule has 2 aromatic rings. The minimum absolute atomic E-state index is 0.0470. The van der Waals surface area contributed by atoms with Crippen LogP contribution in [0.25, 0.3) is 0 Å². The molecule has 0 fully saturated rings. The van der Waals surface area contributed by atoms with Crippen LogP contribution in [0.4, 0.5) is 11.4 Å². The minimum Gasteiger partial charge on any atom is -0.486 e. The molecular formula is C20H20N2O5. The molecule has 0 aliphatic carbocycles. The molecule has 7 nitrogen and oxygen atoms in total. The zero-order chi connectivity index (χ0) is 19.4. The third-order valence-electron chi connectivity index (χ3n) is 4.09. The van der Waals surface area contributed by atoms with E-state index in [1.54, 1.807) is 42.5 Å². The average Bonchev–Trinajstić information content (AvgIpc) is 2.66. The average molecular weight is 368 g/mol. The fourth-order valence-corrected chi connectivity index (χ4v) is 2.72. The molecule has 0 aromatic heterocycles. The molecular weight excluding hydrogens is 348 g/mol. The number of ketones is 1. The van der Waals surface area contributed by atoms with Crippen molar-refractivity contribution < 1.29 is 23.9 Å². The van der Waals surface area contributed by atoms with Crippen LogP contribution in [0, 0.1) is 0 Å². The van der Waals surface area contributed by atoms with E-state index in [2.05, 4.69) is 5.32 Å². The number of hydrogen-bond acceptors (Lipinski definition) is 5. The van der Waals surface area contributed by atoms with Crippen molar-refractivity contribution in [1.82, 2.24) is 0 Å². The van der Waals surface area contributed by atoms with Gasteiger partial charge in [-0.25, -0.2) is 0 Å². The normalized spacial score (nSPS) is 12.2. The predicted molar refractivity (Wildman–Crippen MR) is 101 cm³/mol. The van der Waals surface area contributed by atoms with Crippen LogP contribution in [-0.4, -0.2) is 37.4 Å². The molecule has 0 atom stereocenters. The molecule has 0 unspecified atom stereocenters. The number of carbonyl (C=O) groups excluding carboxylic acids is 3. The number of anilines is 2. The number of hydrogen-bond donors (Lipinski definition) is 1. The first-order chi connectivity index (χ1) is 12.9. The van der Waals surface area contributed by atoms with E-state index >= 15 is 0 Å². The molecule has 3 rings (SSSR count). The van der Waals surface area contributed by atoms with E-state index in [4.69, 9.17) is 9.47 Å². The Morgan fingerprint density at radius 1 is 0.963 bits per heavy atom. The summed E-state index contributed by atoms with van der Waals surface area (Å²) in [5.41, 5.74) is 1.67. The van der Waals surface area contributed by atoms with Crippen LogP contribution in [-0.2, 0) is 9.59 Å². The van der Waals surface area contributed by atoms with Gasteiger partial charge in [-0.15, -0.1) is 0 Å². The first-order valence-corrected chi connectivity index (χ1v) is 8.52. The Kier molecular flexibility index (Phi) is 5.40. The van der Waals surface area contributed by atoms with Gasteiger partial charge in [-0.1, -0.05) is 0 Å². The first kappa shape index (κ1) is 18.4. The van der Waals surface area contributed by atoms with E-state index in [9.17, 15) is 14.4 Å². The van der Waals surface area contributed by atoms with Gasteiger partial charge in [-0.05, 0) is 43.3 Å². The van der Waals surface area contributed by atoms with Gasteiger partial charge < -0.3 is 19.7 Å². The number of amides is 2. The van der Waals surface area contributed by atoms with E-state index < -0.39 is 0 Å². The third kappa shape index (κ3) is 4.44. The highest BCUT2D eigenvalue weighted by atomic mass is 16.6. The summed E-state index contributed by atoms with van der Waals surface area (Å²) in [5, 5.41) is 2.73. The number of carbonyl (C=O) groups is 3. The lowest BCUT2D eigenvalue weighted by atomic mass is 10.1. The van der Waals surface area contributed by atoms with Crippen LogP contribution < -0.4 is 19.7 Å². The first-order valence-electron chi connectivity index (χ1n) is 8.52. The number of nitrogens with one attached hydrogen (secondary N) is 1. The molecule has 27 heavy (non-hydrogen) atoms. The molecule has 2 amide bonds. The van der Waals surface area contributed by atoms with Gasteiger partial charge in [-0.2, -0.15) is 0 Å². The lowest BCUT2D eigenvalue weighted by molar-refractivity contribution is -0.120. The van der Waals surface area contributed by atoms with Gasteiger partial charge in [0.2, 0.25) is 11.8 Å². The Morgan fingerprint density at radius 3 is 2.26 bits per heavy atom. The van der Waals surface area contributed by atoms with Crippen molar-refractivity contribution in [2.45, 2.75) is 13.8 Å². The Labute approximate surface area is 156 Å². The Bertz CT molecular complexity index is 876. The van der Waals surface area contributed by atoms with Gasteiger partial charge >= 0.3 is 0 Å². The zero-order valence-electron chi connectivity index (χ0n) is 15.2. The number of rotatable bonds is 5. The molecule has 1 heterocycles. The van der Waals surface area contributed by atoms with E-state index in [1.807, 2.05) is 0 Å². The van der Waals surface area contributed by atoms with Crippen molar-refractivity contribution in [3.05, 3.63) is 48.0 Å². The largest absolute Gasteiger partial charge is 0.486 e. The van der Waals surface area contributed by atoms with Crippen LogP contribution in [0.5, 0.6) is 11.5 Å². The molecule has 140 valence electrons. The second kappa shape index (κ2) is 7.90. The second-order valence-electron chi connectivity index (χ2n) is 6.11. The third-order valence-corrected chi connectivity index (χ3v) is 4.09. The summed E-state index contributed by atoms with van der Waals surface area (Å²) in [4.78, 5) is 37.1. The van der Waals surface area contributed by atoms with Crippen molar-refractivity contribution in [3.63, 3.8) is 0 Å². The van der Waals surface area contributed by atoms with E-state index in [0.29, 0.717) is 41.7 Å². The maximum Gasteiger partial charge on any atom is 0.244 e. The summed E-state index contributed by atoms with van der Waals surface area (Å²) in [5.74, 6) is 0.493. The standard InChI is InChI=1S/C20H20N2O5/c1-13(23)15-3-5-16(6-4-15)21-20(25)12-22(14(2)24)17-7-8-18-19(11-17)27-10-9-26-18/h3-8,11H,9-10,12H2,1-2H3,(H,21,25). The zero-order valence-corrected chi connectivity index (χ0v) is 15.2. The van der Waals surface area contributed by atoms with Crippen molar-refractivity contribution in [1.29, 1.82) is 0 Å². The number of Topliss-reactive ketones (excluding diaryl/α,β-unsaturated/α-hetero) is 1. The van der Waals surface area contributed by atoms with Crippen LogP contribution in [0.15, 0.2) is 42.5 Å². The van der Waals surface area contributed by atoms with Crippen LogP contribution in [0.2, 0.25) is 0 Å². The molecule has 1 N–H and O–H groups in total. The van der Waals surface area contributed by atoms with Gasteiger partial charge in [-0.3, -0.25) is 14.4 Å². The van der Waals surface area contributed by atoms with Crippen LogP contribution in [0.1, 0.15) is 24.2 Å². The highest BCUT2D eigenvalue weighted by Crippen LogP contribution is 2.34. The molecule has 7 heteroatoms. The molecule has 0 radical (unpaired) electrons. The Morgan fingerprint density at radius 2 is 1.63 bits per heavy atom. The minimum atomic E-state index is -0.351. The van der Waals surface area contributed by atoms with Crippen molar-refractivity contribution in [2.24, 2.45) is 0 Å². The summed E-state index contributed by atoms with van der Waals surface area (Å²) >= 11 is 0. The Balaban J connectivity index is 1.71. The van der Waals surface area contributed by atoms with Gasteiger partial charge in [0.1, 0.15) is 19.8 Å². The molecule has 0 saturated carbocycles. The molecule has 1 aliphatic heterocycles. The summed E-state index contributed by atoms with van der Waals surface area (Å²) in [6.07, 6.45) is 0. The van der Waals surface area contributed by atoms with E-state index in [0.717, 1.165) is 0 Å². The fraction of sp³-hybridized carbons (Fsp3) is 0.250. The van der Waals surface area contributed by atoms with Gasteiger partial charge in [0.05, 0.1) is 0 Å². The second-order valence-corrected chi connectivity index (χ2v) is 6.11. The van der Waals surface area contributed by atoms with Gasteiger partial charge in [0, 0.05) is 29.9 Å². The fourth-order valence-electron chi connectivity index (χ4n) is 2.72. The molecule has 0 saturated heterocycles. The Hall–Kier alpha value is -3.35. The van der Waals surface area contributed by atoms with Crippen LogP contribution in [0.3, 0.4) is 0 Å². The lowest BCUT2D eigenvalue weighted by Crippen LogP contribution is -2.36. The predicted octanol–water partition coefficient (Wildman–Crippen LogP) is 2.65. The van der Waals surface area contributed by atoms with Crippen LogP contribution >= 0.6 is 0 Å². The quantitative estimate of drug-likeness (QED) is 0.820. The van der Waals surface area contributed by atoms with E-state index in [-0.39, 0.29) is 24.1 Å². The number of nitrogens with zero attached hydrogens (tertiary/aromatic N) is 1. The SMILES string of the molecule is CC(=O)c1ccc(NC(=O)CN(C(C)=O)c2ccc3c(c2)OCCO3)cc1. The van der Waals surface area contributed by atoms with Crippen molar-refractivity contribution in [3.8, 4) is 11.5 Å². The number of fused-ring (bicyclic) bond motifs is 1. The number of ether oxygens (including phenoxy) is 2. The molecule has 0 spiro atoms. The highest BCUT2D eigenvalue weighted by Gasteiger charge is 2.19. The van der Waals surface area contributed by atoms with Crippen molar-refractivity contribution >= 4 is 29.0 Å². The lowest BCUT2D eigenvalue weighted by Gasteiger charge is -2.24. The van der Waals surface area contributed by atoms with Gasteiger partial charge in [0.25, 0.3) is 0 Å². The smallest absolute Gasteiger partial charge is 0.244 e. The maximum absolute atomic E-state index is 12.4. The highest BCUT2D eigenvalue weighted by molar-refractivity contribution is 6.02. The summed E-state index contributed by atoms with van der Waals surface area (Å²) in [6.45, 7) is 3.64. The van der Waals surface area contributed by atoms with E-state index in [1.165, 1.54) is 18.7 Å². The number of benzene rings is 2. The summed E-state index contributed by atoms with van der Waals surface area (Å²) < 4.78 is 11.0. The van der Waals surface area contributed by atoms with Gasteiger partial charge in [0.15, 0.2) is 17.3 Å². The molecule has 1 aliphatic rings. The van der Waals surface area contributed by atoms with Crippen molar-refractivity contribution in [2.75, 3.05) is 30.0 Å². The maximum atomic E-state index is 12.4. The summed E-state index contributed by atoms with van der Waals surface area (Å²) in [6, 6.07) is 11.7. The topological polar surface area (TPSA) is 84.9 Å². The molecule has 0 bridgehead atoms. The molecule has 2 aromatic carbocycles.